The molecule has 1 aromatic heterocycles. The lowest BCUT2D eigenvalue weighted by atomic mass is 9.94. The molecule has 0 fully saturated rings. The van der Waals surface area contributed by atoms with E-state index in [2.05, 4.69) is 6.92 Å². The average Bonchev–Trinajstić information content (AvgIpc) is 2.51. The second-order valence-electron chi connectivity index (χ2n) is 3.77. The second-order valence-corrected chi connectivity index (χ2v) is 4.71. The summed E-state index contributed by atoms with van der Waals surface area (Å²) >= 11 is 1.56. The number of aryl methyl sites for hydroxylation is 1. The third-order valence-corrected chi connectivity index (χ3v) is 3.39. The molecule has 0 amide bonds. The van der Waals surface area contributed by atoms with Crippen LogP contribution in [0.1, 0.15) is 37.1 Å². The van der Waals surface area contributed by atoms with Crippen molar-refractivity contribution in [3.8, 4) is 0 Å². The molecule has 4 heteroatoms. The van der Waals surface area contributed by atoms with Crippen molar-refractivity contribution >= 4 is 29.7 Å². The number of halogens is 1. The highest BCUT2D eigenvalue weighted by Gasteiger charge is 2.24. The van der Waals surface area contributed by atoms with Gasteiger partial charge in [-0.15, -0.1) is 23.7 Å². The molecule has 1 N–H and O–H groups in total. The molecule has 15 heavy (non-hydrogen) atoms. The first-order valence-corrected chi connectivity index (χ1v) is 5.74. The van der Waals surface area contributed by atoms with Crippen molar-refractivity contribution < 1.29 is 9.90 Å². The van der Waals surface area contributed by atoms with Crippen LogP contribution in [0.25, 0.3) is 0 Å². The second kappa shape index (κ2) is 6.13. The van der Waals surface area contributed by atoms with Crippen molar-refractivity contribution in [2.24, 2.45) is 5.92 Å². The van der Waals surface area contributed by atoms with Crippen LogP contribution in [-0.4, -0.2) is 11.1 Å². The van der Waals surface area contributed by atoms with Gasteiger partial charge in [-0.3, -0.25) is 4.79 Å². The molecule has 1 heterocycles. The van der Waals surface area contributed by atoms with Gasteiger partial charge in [0, 0.05) is 4.88 Å². The summed E-state index contributed by atoms with van der Waals surface area (Å²) in [5.74, 6) is -0.916. The van der Waals surface area contributed by atoms with E-state index in [1.54, 1.807) is 11.3 Å². The molecule has 0 aliphatic rings. The average molecular weight is 249 g/mol. The van der Waals surface area contributed by atoms with Crippen molar-refractivity contribution in [1.82, 2.24) is 0 Å². The highest BCUT2D eigenvalue weighted by atomic mass is 35.5. The Hall–Kier alpha value is -0.540. The van der Waals surface area contributed by atoms with Crippen LogP contribution in [0.3, 0.4) is 0 Å². The quantitative estimate of drug-likeness (QED) is 0.885. The SMILES string of the molecule is CCc1csc(C(C(=O)O)C(C)C)c1.Cl. The zero-order valence-corrected chi connectivity index (χ0v) is 10.8. The lowest BCUT2D eigenvalue weighted by Gasteiger charge is -2.13. The van der Waals surface area contributed by atoms with E-state index in [1.807, 2.05) is 25.3 Å². The highest BCUT2D eigenvalue weighted by molar-refractivity contribution is 7.10. The van der Waals surface area contributed by atoms with Crippen molar-refractivity contribution in [3.63, 3.8) is 0 Å². The Kier molecular flexibility index (Phi) is 5.91. The zero-order chi connectivity index (χ0) is 10.7. The predicted octanol–water partition coefficient (Wildman–Crippen LogP) is 3.56. The minimum Gasteiger partial charge on any atom is -0.481 e. The maximum Gasteiger partial charge on any atom is 0.312 e. The topological polar surface area (TPSA) is 37.3 Å². The van der Waals surface area contributed by atoms with Crippen LogP contribution in [0, 0.1) is 5.92 Å². The summed E-state index contributed by atoms with van der Waals surface area (Å²) in [5.41, 5.74) is 1.23. The van der Waals surface area contributed by atoms with E-state index in [4.69, 9.17) is 5.11 Å². The molecule has 0 spiro atoms. The van der Waals surface area contributed by atoms with E-state index >= 15 is 0 Å². The molecule has 1 aromatic rings. The fraction of sp³-hybridized carbons (Fsp3) is 0.545. The van der Waals surface area contributed by atoms with Crippen LogP contribution in [0.2, 0.25) is 0 Å². The molecular weight excluding hydrogens is 232 g/mol. The third kappa shape index (κ3) is 3.50. The van der Waals surface area contributed by atoms with Gasteiger partial charge in [-0.1, -0.05) is 20.8 Å². The molecule has 0 radical (unpaired) electrons. The lowest BCUT2D eigenvalue weighted by Crippen LogP contribution is -2.16. The van der Waals surface area contributed by atoms with Crippen LogP contribution >= 0.6 is 23.7 Å². The number of rotatable bonds is 4. The largest absolute Gasteiger partial charge is 0.481 e. The van der Waals surface area contributed by atoms with E-state index in [9.17, 15) is 4.79 Å². The monoisotopic (exact) mass is 248 g/mol. The fourth-order valence-electron chi connectivity index (χ4n) is 1.48. The molecular formula is C11H17ClO2S. The van der Waals surface area contributed by atoms with E-state index in [0.717, 1.165) is 11.3 Å². The minimum atomic E-state index is -0.718. The van der Waals surface area contributed by atoms with Crippen LogP contribution in [-0.2, 0) is 11.2 Å². The van der Waals surface area contributed by atoms with E-state index < -0.39 is 5.97 Å². The summed E-state index contributed by atoms with van der Waals surface area (Å²) in [6, 6.07) is 2.02. The van der Waals surface area contributed by atoms with E-state index in [-0.39, 0.29) is 24.2 Å². The number of hydrogen-bond acceptors (Lipinski definition) is 2. The Morgan fingerprint density at radius 2 is 2.13 bits per heavy atom. The summed E-state index contributed by atoms with van der Waals surface area (Å²) in [6.45, 7) is 5.98. The molecule has 0 aliphatic heterocycles. The van der Waals surface area contributed by atoms with Crippen LogP contribution in [0.4, 0.5) is 0 Å². The minimum absolute atomic E-state index is 0. The molecule has 2 nitrogen and oxygen atoms in total. The van der Waals surface area contributed by atoms with Crippen LogP contribution in [0.5, 0.6) is 0 Å². The molecule has 0 aliphatic carbocycles. The Morgan fingerprint density at radius 1 is 1.53 bits per heavy atom. The van der Waals surface area contributed by atoms with Gasteiger partial charge in [-0.25, -0.2) is 0 Å². The van der Waals surface area contributed by atoms with E-state index in [1.165, 1.54) is 5.56 Å². The number of hydrogen-bond donors (Lipinski definition) is 1. The summed E-state index contributed by atoms with van der Waals surface area (Å²) < 4.78 is 0. The standard InChI is InChI=1S/C11H16O2S.ClH/c1-4-8-5-9(14-6-8)10(7(2)3)11(12)13;/h5-7,10H,4H2,1-3H3,(H,12,13);1H. The number of carboxylic acids is 1. The molecule has 0 bridgehead atoms. The van der Waals surface area contributed by atoms with Crippen LogP contribution in [0.15, 0.2) is 11.4 Å². The first kappa shape index (κ1) is 14.5. The van der Waals surface area contributed by atoms with Crippen molar-refractivity contribution in [2.75, 3.05) is 0 Å². The number of aliphatic carboxylic acids is 1. The molecule has 0 saturated heterocycles. The third-order valence-electron chi connectivity index (χ3n) is 2.32. The van der Waals surface area contributed by atoms with Gasteiger partial charge in [0.05, 0.1) is 5.92 Å². The highest BCUT2D eigenvalue weighted by Crippen LogP contribution is 2.30. The predicted molar refractivity (Wildman–Crippen MR) is 66.2 cm³/mol. The van der Waals surface area contributed by atoms with Gasteiger partial charge in [-0.05, 0) is 29.3 Å². The Labute approximate surface area is 101 Å². The fourth-order valence-corrected chi connectivity index (χ4v) is 2.74. The summed E-state index contributed by atoms with van der Waals surface area (Å²) in [6.07, 6.45) is 0.973. The summed E-state index contributed by atoms with van der Waals surface area (Å²) in [5, 5.41) is 11.1. The van der Waals surface area contributed by atoms with E-state index in [0.29, 0.717) is 0 Å². The Balaban J connectivity index is 0.00000196. The first-order valence-electron chi connectivity index (χ1n) is 4.86. The maximum atomic E-state index is 11.0. The normalized spacial score (nSPS) is 12.3. The van der Waals surface area contributed by atoms with Gasteiger partial charge < -0.3 is 5.11 Å². The molecule has 86 valence electrons. The Bertz CT molecular complexity index is 320. The molecule has 1 unspecified atom stereocenters. The number of carboxylic acid groups (broad SMARTS) is 1. The Morgan fingerprint density at radius 3 is 2.47 bits per heavy atom. The maximum absolute atomic E-state index is 11.0. The van der Waals surface area contributed by atoms with Crippen LogP contribution < -0.4 is 0 Å². The van der Waals surface area contributed by atoms with Gasteiger partial charge >= 0.3 is 5.97 Å². The molecule has 1 rings (SSSR count). The number of thiophene rings is 1. The van der Waals surface area contributed by atoms with Gasteiger partial charge in [0.15, 0.2) is 0 Å². The summed E-state index contributed by atoms with van der Waals surface area (Å²) in [7, 11) is 0. The number of carbonyl (C=O) groups is 1. The zero-order valence-electron chi connectivity index (χ0n) is 9.19. The summed E-state index contributed by atoms with van der Waals surface area (Å²) in [4.78, 5) is 12.0. The first-order chi connectivity index (χ1) is 6.56. The smallest absolute Gasteiger partial charge is 0.312 e. The van der Waals surface area contributed by atoms with Gasteiger partial charge in [0.1, 0.15) is 0 Å². The molecule has 0 aromatic carbocycles. The molecule has 1 atom stereocenters. The van der Waals surface area contributed by atoms with Crippen molar-refractivity contribution in [3.05, 3.63) is 21.9 Å². The lowest BCUT2D eigenvalue weighted by molar-refractivity contribution is -0.139. The van der Waals surface area contributed by atoms with Gasteiger partial charge in [0.2, 0.25) is 0 Å². The molecule has 0 saturated carbocycles. The van der Waals surface area contributed by atoms with Crippen molar-refractivity contribution in [2.45, 2.75) is 33.1 Å². The van der Waals surface area contributed by atoms with Gasteiger partial charge in [0.25, 0.3) is 0 Å². The van der Waals surface area contributed by atoms with Gasteiger partial charge in [-0.2, -0.15) is 0 Å². The van der Waals surface area contributed by atoms with Crippen molar-refractivity contribution in [1.29, 1.82) is 0 Å².